The molecule has 0 unspecified atom stereocenters. The SMILES string of the molecule is C[C@H](NC(=O)c1cnc2ccccc2n1)C(=O)NCC(=O)O. The second kappa shape index (κ2) is 6.61. The molecular weight excluding hydrogens is 288 g/mol. The van der Waals surface area contributed by atoms with Crippen LogP contribution in [0.2, 0.25) is 0 Å². The Morgan fingerprint density at radius 2 is 1.91 bits per heavy atom. The van der Waals surface area contributed by atoms with E-state index in [1.54, 1.807) is 18.2 Å². The second-order valence-corrected chi connectivity index (χ2v) is 4.55. The summed E-state index contributed by atoms with van der Waals surface area (Å²) in [4.78, 5) is 42.3. The van der Waals surface area contributed by atoms with Crippen molar-refractivity contribution in [3.8, 4) is 0 Å². The number of aromatic nitrogens is 2. The molecule has 1 aromatic heterocycles. The molecule has 0 bridgehead atoms. The van der Waals surface area contributed by atoms with Crippen LogP contribution in [0.3, 0.4) is 0 Å². The van der Waals surface area contributed by atoms with Crippen molar-refractivity contribution in [3.63, 3.8) is 0 Å². The molecule has 0 aliphatic heterocycles. The average Bonchev–Trinajstić information content (AvgIpc) is 2.51. The highest BCUT2D eigenvalue weighted by Gasteiger charge is 2.18. The molecule has 1 atom stereocenters. The van der Waals surface area contributed by atoms with Gasteiger partial charge in [0, 0.05) is 0 Å². The third-order valence-electron chi connectivity index (χ3n) is 2.84. The molecule has 8 heteroatoms. The van der Waals surface area contributed by atoms with Crippen LogP contribution in [0.25, 0.3) is 11.0 Å². The maximum Gasteiger partial charge on any atom is 0.322 e. The number of amides is 2. The number of carbonyl (C=O) groups is 3. The number of hydrogen-bond acceptors (Lipinski definition) is 5. The monoisotopic (exact) mass is 302 g/mol. The van der Waals surface area contributed by atoms with Gasteiger partial charge in [-0.25, -0.2) is 4.98 Å². The zero-order chi connectivity index (χ0) is 16.1. The van der Waals surface area contributed by atoms with E-state index in [0.29, 0.717) is 11.0 Å². The molecule has 8 nitrogen and oxygen atoms in total. The van der Waals surface area contributed by atoms with Crippen molar-refractivity contribution in [1.82, 2.24) is 20.6 Å². The van der Waals surface area contributed by atoms with Crippen molar-refractivity contribution in [2.75, 3.05) is 6.54 Å². The normalized spacial score (nSPS) is 11.7. The lowest BCUT2D eigenvalue weighted by Gasteiger charge is -2.12. The molecule has 0 aliphatic carbocycles. The quantitative estimate of drug-likeness (QED) is 0.712. The Labute approximate surface area is 125 Å². The number of nitrogens with zero attached hydrogens (tertiary/aromatic N) is 2. The number of para-hydroxylation sites is 2. The predicted octanol–water partition coefficient (Wildman–Crippen LogP) is -0.0511. The van der Waals surface area contributed by atoms with Crippen molar-refractivity contribution in [2.24, 2.45) is 0 Å². The van der Waals surface area contributed by atoms with Crippen LogP contribution in [0.4, 0.5) is 0 Å². The van der Waals surface area contributed by atoms with Crippen LogP contribution in [0.1, 0.15) is 17.4 Å². The van der Waals surface area contributed by atoms with Crippen LogP contribution in [-0.2, 0) is 9.59 Å². The number of rotatable bonds is 5. The molecule has 22 heavy (non-hydrogen) atoms. The van der Waals surface area contributed by atoms with Gasteiger partial charge in [0.05, 0.1) is 17.2 Å². The Morgan fingerprint density at radius 1 is 1.23 bits per heavy atom. The summed E-state index contributed by atoms with van der Waals surface area (Å²) in [6.45, 7) is 0.943. The van der Waals surface area contributed by atoms with Gasteiger partial charge in [-0.05, 0) is 19.1 Å². The molecular formula is C14H14N4O4. The lowest BCUT2D eigenvalue weighted by atomic mass is 10.2. The molecule has 3 N–H and O–H groups in total. The van der Waals surface area contributed by atoms with Gasteiger partial charge < -0.3 is 15.7 Å². The van der Waals surface area contributed by atoms with E-state index in [2.05, 4.69) is 20.6 Å². The minimum absolute atomic E-state index is 0.0802. The van der Waals surface area contributed by atoms with E-state index in [0.717, 1.165) is 0 Å². The summed E-state index contributed by atoms with van der Waals surface area (Å²) in [5, 5.41) is 13.1. The number of hydrogen-bond donors (Lipinski definition) is 3. The number of carboxylic acids is 1. The van der Waals surface area contributed by atoms with Gasteiger partial charge in [-0.1, -0.05) is 12.1 Å². The number of fused-ring (bicyclic) bond motifs is 1. The van der Waals surface area contributed by atoms with E-state index in [1.807, 2.05) is 6.07 Å². The summed E-state index contributed by atoms with van der Waals surface area (Å²) >= 11 is 0. The molecule has 1 heterocycles. The molecule has 0 radical (unpaired) electrons. The Bertz CT molecular complexity index is 732. The van der Waals surface area contributed by atoms with Gasteiger partial charge in [-0.15, -0.1) is 0 Å². The van der Waals surface area contributed by atoms with Gasteiger partial charge in [0.2, 0.25) is 5.91 Å². The van der Waals surface area contributed by atoms with Crippen LogP contribution in [-0.4, -0.2) is 45.4 Å². The summed E-state index contributed by atoms with van der Waals surface area (Å²) in [5.41, 5.74) is 1.31. The van der Waals surface area contributed by atoms with E-state index < -0.39 is 30.4 Å². The topological polar surface area (TPSA) is 121 Å². The van der Waals surface area contributed by atoms with E-state index in [9.17, 15) is 14.4 Å². The molecule has 2 amide bonds. The number of carboxylic acid groups (broad SMARTS) is 1. The summed E-state index contributed by atoms with van der Waals surface area (Å²) in [5.74, 6) is -2.31. The molecule has 0 saturated carbocycles. The number of aliphatic carboxylic acids is 1. The van der Waals surface area contributed by atoms with Crippen LogP contribution >= 0.6 is 0 Å². The Kier molecular flexibility index (Phi) is 4.62. The molecule has 0 fully saturated rings. The third-order valence-corrected chi connectivity index (χ3v) is 2.84. The molecule has 2 rings (SSSR count). The van der Waals surface area contributed by atoms with Crippen LogP contribution in [0, 0.1) is 0 Å². The maximum absolute atomic E-state index is 12.0. The lowest BCUT2D eigenvalue weighted by Crippen LogP contribution is -2.46. The van der Waals surface area contributed by atoms with Crippen molar-refractivity contribution in [2.45, 2.75) is 13.0 Å². The van der Waals surface area contributed by atoms with Gasteiger partial charge in [0.1, 0.15) is 18.3 Å². The highest BCUT2D eigenvalue weighted by atomic mass is 16.4. The Balaban J connectivity index is 2.03. The van der Waals surface area contributed by atoms with E-state index >= 15 is 0 Å². The average molecular weight is 302 g/mol. The standard InChI is InChI=1S/C14H14N4O4/c1-8(13(21)16-7-12(19)20)17-14(22)11-6-15-9-4-2-3-5-10(9)18-11/h2-6,8H,7H2,1H3,(H,16,21)(H,17,22)(H,19,20)/t8-/m0/s1. The Hall–Kier alpha value is -3.03. The molecule has 2 aromatic rings. The van der Waals surface area contributed by atoms with Crippen LogP contribution in [0.5, 0.6) is 0 Å². The first-order valence-corrected chi connectivity index (χ1v) is 6.49. The minimum atomic E-state index is -1.16. The molecule has 0 aliphatic rings. The van der Waals surface area contributed by atoms with Crippen molar-refractivity contribution >= 4 is 28.8 Å². The fraction of sp³-hybridized carbons (Fsp3) is 0.214. The van der Waals surface area contributed by atoms with E-state index in [-0.39, 0.29) is 5.69 Å². The molecule has 1 aromatic carbocycles. The highest BCUT2D eigenvalue weighted by Crippen LogP contribution is 2.08. The first-order valence-electron chi connectivity index (χ1n) is 6.49. The predicted molar refractivity (Wildman–Crippen MR) is 77.1 cm³/mol. The summed E-state index contributed by atoms with van der Waals surface area (Å²) in [6, 6.07) is 6.19. The fourth-order valence-corrected chi connectivity index (χ4v) is 1.72. The maximum atomic E-state index is 12.0. The van der Waals surface area contributed by atoms with E-state index in [1.165, 1.54) is 13.1 Å². The van der Waals surface area contributed by atoms with Gasteiger partial charge in [-0.3, -0.25) is 19.4 Å². The fourth-order valence-electron chi connectivity index (χ4n) is 1.72. The second-order valence-electron chi connectivity index (χ2n) is 4.55. The van der Waals surface area contributed by atoms with Gasteiger partial charge in [0.15, 0.2) is 0 Å². The minimum Gasteiger partial charge on any atom is -0.480 e. The Morgan fingerprint density at radius 3 is 2.59 bits per heavy atom. The largest absolute Gasteiger partial charge is 0.480 e. The summed E-state index contributed by atoms with van der Waals surface area (Å²) in [6.07, 6.45) is 1.32. The van der Waals surface area contributed by atoms with Crippen molar-refractivity contribution in [3.05, 3.63) is 36.2 Å². The zero-order valence-corrected chi connectivity index (χ0v) is 11.7. The summed E-state index contributed by atoms with van der Waals surface area (Å²) < 4.78 is 0. The van der Waals surface area contributed by atoms with Gasteiger partial charge in [-0.2, -0.15) is 0 Å². The van der Waals surface area contributed by atoms with E-state index in [4.69, 9.17) is 5.11 Å². The highest BCUT2D eigenvalue weighted by molar-refractivity contribution is 5.97. The van der Waals surface area contributed by atoms with Gasteiger partial charge >= 0.3 is 5.97 Å². The first kappa shape index (κ1) is 15.4. The first-order chi connectivity index (χ1) is 10.5. The number of nitrogens with one attached hydrogen (secondary N) is 2. The molecule has 0 saturated heterocycles. The van der Waals surface area contributed by atoms with Crippen molar-refractivity contribution in [1.29, 1.82) is 0 Å². The summed E-state index contributed by atoms with van der Waals surface area (Å²) in [7, 11) is 0. The van der Waals surface area contributed by atoms with Crippen molar-refractivity contribution < 1.29 is 19.5 Å². The number of benzene rings is 1. The zero-order valence-electron chi connectivity index (χ0n) is 11.7. The molecule has 114 valence electrons. The lowest BCUT2D eigenvalue weighted by molar-refractivity contribution is -0.138. The third kappa shape index (κ3) is 3.75. The van der Waals surface area contributed by atoms with Gasteiger partial charge in [0.25, 0.3) is 5.91 Å². The smallest absolute Gasteiger partial charge is 0.322 e. The van der Waals surface area contributed by atoms with Crippen LogP contribution in [0.15, 0.2) is 30.5 Å². The number of carbonyl (C=O) groups excluding carboxylic acids is 2. The van der Waals surface area contributed by atoms with Crippen LogP contribution < -0.4 is 10.6 Å². The molecule has 0 spiro atoms.